The summed E-state index contributed by atoms with van der Waals surface area (Å²) >= 11 is 7.27. The SMILES string of the molecule is Cc1ccsc1CN(C)C/C=C/Cl. The molecule has 13 heavy (non-hydrogen) atoms. The first-order valence-corrected chi connectivity index (χ1v) is 5.52. The third kappa shape index (κ3) is 3.51. The normalized spacial score (nSPS) is 11.7. The van der Waals surface area contributed by atoms with Gasteiger partial charge >= 0.3 is 0 Å². The minimum atomic E-state index is 0.904. The smallest absolute Gasteiger partial charge is 0.0330 e. The third-order valence-corrected chi connectivity index (χ3v) is 3.07. The van der Waals surface area contributed by atoms with Crippen molar-refractivity contribution < 1.29 is 0 Å². The van der Waals surface area contributed by atoms with E-state index in [1.165, 1.54) is 10.4 Å². The Labute approximate surface area is 88.6 Å². The van der Waals surface area contributed by atoms with Crippen LogP contribution >= 0.6 is 22.9 Å². The van der Waals surface area contributed by atoms with Crippen molar-refractivity contribution in [3.05, 3.63) is 33.5 Å². The summed E-state index contributed by atoms with van der Waals surface area (Å²) in [5.74, 6) is 0. The quantitative estimate of drug-likeness (QED) is 0.746. The number of aryl methyl sites for hydroxylation is 1. The first kappa shape index (κ1) is 10.8. The standard InChI is InChI=1S/C10H14ClNS/c1-9-4-7-13-10(9)8-12(2)6-3-5-11/h3-5,7H,6,8H2,1-2H3/b5-3+. The molecule has 1 aromatic rings. The average Bonchev–Trinajstić information content (AvgIpc) is 2.48. The molecule has 3 heteroatoms. The number of hydrogen-bond donors (Lipinski definition) is 0. The van der Waals surface area contributed by atoms with Gasteiger partial charge in [0.2, 0.25) is 0 Å². The van der Waals surface area contributed by atoms with Gasteiger partial charge in [0.15, 0.2) is 0 Å². The molecule has 1 rings (SSSR count). The predicted octanol–water partition coefficient (Wildman–Crippen LogP) is 3.24. The Morgan fingerprint density at radius 2 is 2.38 bits per heavy atom. The number of nitrogens with zero attached hydrogens (tertiary/aromatic N) is 1. The lowest BCUT2D eigenvalue weighted by Crippen LogP contribution is -2.17. The van der Waals surface area contributed by atoms with Crippen LogP contribution in [0.4, 0.5) is 0 Å². The van der Waals surface area contributed by atoms with Gasteiger partial charge in [0, 0.05) is 23.5 Å². The van der Waals surface area contributed by atoms with E-state index in [1.807, 2.05) is 17.4 Å². The minimum absolute atomic E-state index is 0.904. The lowest BCUT2D eigenvalue weighted by atomic mass is 10.3. The number of thiophene rings is 1. The molecule has 0 bridgehead atoms. The van der Waals surface area contributed by atoms with E-state index < -0.39 is 0 Å². The van der Waals surface area contributed by atoms with E-state index in [1.54, 1.807) is 5.54 Å². The van der Waals surface area contributed by atoms with Crippen LogP contribution in [-0.2, 0) is 6.54 Å². The number of rotatable bonds is 4. The van der Waals surface area contributed by atoms with Crippen LogP contribution in [-0.4, -0.2) is 18.5 Å². The van der Waals surface area contributed by atoms with E-state index in [-0.39, 0.29) is 0 Å². The van der Waals surface area contributed by atoms with Crippen LogP contribution in [0.2, 0.25) is 0 Å². The lowest BCUT2D eigenvalue weighted by Gasteiger charge is -2.13. The maximum Gasteiger partial charge on any atom is 0.0330 e. The summed E-state index contributed by atoms with van der Waals surface area (Å²) in [6.07, 6.45) is 1.95. The highest BCUT2D eigenvalue weighted by molar-refractivity contribution is 7.10. The van der Waals surface area contributed by atoms with E-state index in [2.05, 4.69) is 30.3 Å². The minimum Gasteiger partial charge on any atom is -0.298 e. The van der Waals surface area contributed by atoms with Crippen LogP contribution in [0.1, 0.15) is 10.4 Å². The Hall–Kier alpha value is -0.310. The molecule has 0 saturated carbocycles. The van der Waals surface area contributed by atoms with Gasteiger partial charge in [-0.1, -0.05) is 17.7 Å². The van der Waals surface area contributed by atoms with Gasteiger partial charge in [0.05, 0.1) is 0 Å². The van der Waals surface area contributed by atoms with E-state index in [9.17, 15) is 0 Å². The molecule has 0 N–H and O–H groups in total. The molecular formula is C10H14ClNS. The number of likely N-dealkylation sites (N-methyl/N-ethyl adjacent to an activating group) is 1. The van der Waals surface area contributed by atoms with E-state index in [0.29, 0.717) is 0 Å². The third-order valence-electron chi connectivity index (χ3n) is 1.89. The molecule has 0 aliphatic rings. The largest absolute Gasteiger partial charge is 0.298 e. The van der Waals surface area contributed by atoms with Gasteiger partial charge in [0.25, 0.3) is 0 Å². The molecule has 72 valence electrons. The molecule has 0 aromatic carbocycles. The maximum atomic E-state index is 5.45. The second-order valence-corrected chi connectivity index (χ2v) is 4.34. The molecule has 0 unspecified atom stereocenters. The Kier molecular flexibility index (Phi) is 4.50. The summed E-state index contributed by atoms with van der Waals surface area (Å²) in [6, 6.07) is 2.16. The molecule has 0 radical (unpaired) electrons. The van der Waals surface area contributed by atoms with Crippen LogP contribution < -0.4 is 0 Å². The summed E-state index contributed by atoms with van der Waals surface area (Å²) in [5, 5.41) is 2.13. The van der Waals surface area contributed by atoms with Crippen molar-refractivity contribution in [2.24, 2.45) is 0 Å². The molecule has 1 heterocycles. The number of hydrogen-bond acceptors (Lipinski definition) is 2. The fraction of sp³-hybridized carbons (Fsp3) is 0.400. The first-order valence-electron chi connectivity index (χ1n) is 4.20. The maximum absolute atomic E-state index is 5.45. The molecule has 1 aromatic heterocycles. The van der Waals surface area contributed by atoms with Crippen LogP contribution in [0, 0.1) is 6.92 Å². The summed E-state index contributed by atoms with van der Waals surface area (Å²) in [6.45, 7) is 4.06. The lowest BCUT2D eigenvalue weighted by molar-refractivity contribution is 0.366. The molecule has 0 aliphatic carbocycles. The summed E-state index contributed by atoms with van der Waals surface area (Å²) < 4.78 is 0. The molecule has 1 nitrogen and oxygen atoms in total. The van der Waals surface area contributed by atoms with Crippen LogP contribution in [0.15, 0.2) is 23.1 Å². The van der Waals surface area contributed by atoms with Crippen LogP contribution in [0.3, 0.4) is 0 Å². The Bertz CT molecular complexity index is 280. The summed E-state index contributed by atoms with van der Waals surface area (Å²) in [4.78, 5) is 3.67. The highest BCUT2D eigenvalue weighted by Gasteiger charge is 2.02. The Morgan fingerprint density at radius 3 is 2.92 bits per heavy atom. The molecule has 0 aliphatic heterocycles. The fourth-order valence-corrected chi connectivity index (χ4v) is 2.16. The van der Waals surface area contributed by atoms with Crippen molar-refractivity contribution in [3.63, 3.8) is 0 Å². The zero-order chi connectivity index (χ0) is 9.68. The Morgan fingerprint density at radius 1 is 1.62 bits per heavy atom. The number of halogens is 1. The molecular weight excluding hydrogens is 202 g/mol. The van der Waals surface area contributed by atoms with Crippen LogP contribution in [0.5, 0.6) is 0 Å². The van der Waals surface area contributed by atoms with Gasteiger partial charge in [-0.15, -0.1) is 11.3 Å². The molecule has 0 atom stereocenters. The molecule has 0 amide bonds. The van der Waals surface area contributed by atoms with Gasteiger partial charge in [-0.25, -0.2) is 0 Å². The van der Waals surface area contributed by atoms with Crippen molar-refractivity contribution in [1.82, 2.24) is 4.90 Å². The summed E-state index contributed by atoms with van der Waals surface area (Å²) in [7, 11) is 2.09. The topological polar surface area (TPSA) is 3.24 Å². The van der Waals surface area contributed by atoms with Gasteiger partial charge in [0.1, 0.15) is 0 Å². The highest BCUT2D eigenvalue weighted by Crippen LogP contribution is 2.16. The fourth-order valence-electron chi connectivity index (χ4n) is 1.10. The van der Waals surface area contributed by atoms with Gasteiger partial charge in [-0.05, 0) is 31.0 Å². The predicted molar refractivity (Wildman–Crippen MR) is 60.4 cm³/mol. The van der Waals surface area contributed by atoms with Crippen molar-refractivity contribution in [1.29, 1.82) is 0 Å². The molecule has 0 spiro atoms. The zero-order valence-electron chi connectivity index (χ0n) is 7.96. The monoisotopic (exact) mass is 215 g/mol. The van der Waals surface area contributed by atoms with Gasteiger partial charge in [-0.2, -0.15) is 0 Å². The highest BCUT2D eigenvalue weighted by atomic mass is 35.5. The molecule has 0 saturated heterocycles. The van der Waals surface area contributed by atoms with E-state index in [4.69, 9.17) is 11.6 Å². The van der Waals surface area contributed by atoms with E-state index >= 15 is 0 Å². The Balaban J connectivity index is 2.45. The van der Waals surface area contributed by atoms with Crippen molar-refractivity contribution in [2.75, 3.05) is 13.6 Å². The first-order chi connectivity index (χ1) is 6.24. The zero-order valence-corrected chi connectivity index (χ0v) is 9.53. The van der Waals surface area contributed by atoms with E-state index in [0.717, 1.165) is 13.1 Å². The van der Waals surface area contributed by atoms with Crippen molar-refractivity contribution >= 4 is 22.9 Å². The van der Waals surface area contributed by atoms with Crippen molar-refractivity contribution in [3.8, 4) is 0 Å². The molecule has 0 fully saturated rings. The summed E-state index contributed by atoms with van der Waals surface area (Å²) in [5.41, 5.74) is 2.95. The van der Waals surface area contributed by atoms with Gasteiger partial charge < -0.3 is 0 Å². The average molecular weight is 216 g/mol. The second-order valence-electron chi connectivity index (χ2n) is 3.09. The van der Waals surface area contributed by atoms with Gasteiger partial charge in [-0.3, -0.25) is 4.90 Å². The van der Waals surface area contributed by atoms with Crippen LogP contribution in [0.25, 0.3) is 0 Å². The second kappa shape index (κ2) is 5.43. The van der Waals surface area contributed by atoms with Crippen molar-refractivity contribution in [2.45, 2.75) is 13.5 Å².